The van der Waals surface area contributed by atoms with Crippen LogP contribution < -0.4 is 10.2 Å². The van der Waals surface area contributed by atoms with Crippen LogP contribution in [0, 0.1) is 6.92 Å². The van der Waals surface area contributed by atoms with Crippen LogP contribution in [0.1, 0.15) is 22.3 Å². The summed E-state index contributed by atoms with van der Waals surface area (Å²) in [6, 6.07) is 12.5. The molecule has 0 aliphatic carbocycles. The number of piperazine rings is 1. The van der Waals surface area contributed by atoms with Crippen LogP contribution in [0.2, 0.25) is 10.0 Å². The average Bonchev–Trinajstić information content (AvgIpc) is 2.70. The fourth-order valence-corrected chi connectivity index (χ4v) is 3.56. The first-order valence-electron chi connectivity index (χ1n) is 9.26. The quantitative estimate of drug-likeness (QED) is 0.802. The van der Waals surface area contributed by atoms with Gasteiger partial charge in [0.05, 0.1) is 0 Å². The van der Waals surface area contributed by atoms with E-state index >= 15 is 0 Å². The maximum atomic E-state index is 12.4. The summed E-state index contributed by atoms with van der Waals surface area (Å²) in [4.78, 5) is 28.6. The smallest absolute Gasteiger partial charge is 0.251 e. The van der Waals surface area contributed by atoms with Crippen molar-refractivity contribution in [2.24, 2.45) is 0 Å². The summed E-state index contributed by atoms with van der Waals surface area (Å²) in [7, 11) is 0. The van der Waals surface area contributed by atoms with Crippen LogP contribution in [0.5, 0.6) is 0 Å². The Hall–Kier alpha value is -2.24. The lowest BCUT2D eigenvalue weighted by molar-refractivity contribution is -0.131. The minimum atomic E-state index is -0.203. The van der Waals surface area contributed by atoms with Crippen LogP contribution >= 0.6 is 23.2 Å². The zero-order chi connectivity index (χ0) is 20.1. The SMILES string of the molecule is Cc1ccc(Cl)cc1N1CCN(C(=O)CCNC(=O)c2ccc(Cl)cc2)CC1. The fraction of sp³-hybridized carbons (Fsp3) is 0.333. The summed E-state index contributed by atoms with van der Waals surface area (Å²) in [6.07, 6.45) is 0.287. The van der Waals surface area contributed by atoms with Gasteiger partial charge in [-0.25, -0.2) is 0 Å². The normalized spacial score (nSPS) is 14.1. The Morgan fingerprint density at radius 2 is 1.61 bits per heavy atom. The number of nitrogens with one attached hydrogen (secondary N) is 1. The van der Waals surface area contributed by atoms with Crippen LogP contribution in [0.3, 0.4) is 0 Å². The Morgan fingerprint density at radius 1 is 0.964 bits per heavy atom. The summed E-state index contributed by atoms with van der Waals surface area (Å²) in [5.74, 6) is -0.149. The zero-order valence-electron chi connectivity index (χ0n) is 15.8. The van der Waals surface area contributed by atoms with E-state index in [9.17, 15) is 9.59 Å². The summed E-state index contributed by atoms with van der Waals surface area (Å²) in [6.45, 7) is 5.24. The fourth-order valence-electron chi connectivity index (χ4n) is 3.26. The second kappa shape index (κ2) is 9.30. The van der Waals surface area contributed by atoms with Gasteiger partial charge in [-0.05, 0) is 48.9 Å². The standard InChI is InChI=1S/C21H23Cl2N3O2/c1-15-2-5-18(23)14-19(15)25-10-12-26(13-11-25)20(27)8-9-24-21(28)16-3-6-17(22)7-4-16/h2-7,14H,8-13H2,1H3,(H,24,28). The van der Waals surface area contributed by atoms with Gasteiger partial charge in [-0.1, -0.05) is 29.3 Å². The number of amides is 2. The molecule has 2 aromatic carbocycles. The maximum absolute atomic E-state index is 12.4. The first-order chi connectivity index (χ1) is 13.4. The van der Waals surface area contributed by atoms with E-state index in [1.807, 2.05) is 23.1 Å². The molecule has 1 N–H and O–H groups in total. The monoisotopic (exact) mass is 419 g/mol. The topological polar surface area (TPSA) is 52.6 Å². The molecule has 148 valence electrons. The van der Waals surface area contributed by atoms with Gasteiger partial charge in [-0.2, -0.15) is 0 Å². The predicted molar refractivity (Wildman–Crippen MR) is 113 cm³/mol. The van der Waals surface area contributed by atoms with E-state index < -0.39 is 0 Å². The number of halogens is 2. The number of nitrogens with zero attached hydrogens (tertiary/aromatic N) is 2. The molecule has 0 unspecified atom stereocenters. The Morgan fingerprint density at radius 3 is 2.29 bits per heavy atom. The third kappa shape index (κ3) is 5.18. The van der Waals surface area contributed by atoms with Crippen LogP contribution in [0.25, 0.3) is 0 Å². The van der Waals surface area contributed by atoms with E-state index in [4.69, 9.17) is 23.2 Å². The van der Waals surface area contributed by atoms with Gasteiger partial charge in [0.1, 0.15) is 0 Å². The van der Waals surface area contributed by atoms with Crippen LogP contribution in [0.15, 0.2) is 42.5 Å². The first kappa shape index (κ1) is 20.5. The van der Waals surface area contributed by atoms with Crippen molar-refractivity contribution in [3.63, 3.8) is 0 Å². The number of hydrogen-bond donors (Lipinski definition) is 1. The zero-order valence-corrected chi connectivity index (χ0v) is 17.3. The molecule has 0 spiro atoms. The summed E-state index contributed by atoms with van der Waals surface area (Å²) in [5.41, 5.74) is 2.83. The highest BCUT2D eigenvalue weighted by Crippen LogP contribution is 2.25. The molecule has 1 aliphatic rings. The molecular weight excluding hydrogens is 397 g/mol. The third-order valence-electron chi connectivity index (χ3n) is 4.88. The first-order valence-corrected chi connectivity index (χ1v) is 10.0. The molecular formula is C21H23Cl2N3O2. The molecule has 1 heterocycles. The molecule has 0 radical (unpaired) electrons. The van der Waals surface area contributed by atoms with Crippen molar-refractivity contribution in [1.29, 1.82) is 0 Å². The van der Waals surface area contributed by atoms with Gasteiger partial charge in [-0.15, -0.1) is 0 Å². The third-order valence-corrected chi connectivity index (χ3v) is 5.36. The number of anilines is 1. The number of benzene rings is 2. The lowest BCUT2D eigenvalue weighted by Crippen LogP contribution is -2.49. The molecule has 1 saturated heterocycles. The Bertz CT molecular complexity index is 847. The van der Waals surface area contributed by atoms with Gasteiger partial charge < -0.3 is 15.1 Å². The highest BCUT2D eigenvalue weighted by molar-refractivity contribution is 6.31. The second-order valence-corrected chi connectivity index (χ2v) is 7.68. The molecule has 2 amide bonds. The van der Waals surface area contributed by atoms with Crippen molar-refractivity contribution in [3.05, 3.63) is 63.6 Å². The van der Waals surface area contributed by atoms with Gasteiger partial charge in [0.25, 0.3) is 5.91 Å². The van der Waals surface area contributed by atoms with Gasteiger partial charge in [0.15, 0.2) is 0 Å². The Labute approximate surface area is 175 Å². The summed E-state index contributed by atoms with van der Waals surface area (Å²) in [5, 5.41) is 4.08. The number of aryl methyl sites for hydroxylation is 1. The largest absolute Gasteiger partial charge is 0.368 e. The molecule has 3 rings (SSSR count). The van der Waals surface area contributed by atoms with E-state index in [-0.39, 0.29) is 18.2 Å². The van der Waals surface area contributed by atoms with Gasteiger partial charge >= 0.3 is 0 Å². The summed E-state index contributed by atoms with van der Waals surface area (Å²) < 4.78 is 0. The lowest BCUT2D eigenvalue weighted by Gasteiger charge is -2.37. The van der Waals surface area contributed by atoms with E-state index in [0.29, 0.717) is 30.2 Å². The van der Waals surface area contributed by atoms with E-state index in [1.165, 1.54) is 5.56 Å². The molecule has 7 heteroatoms. The van der Waals surface area contributed by atoms with Crippen molar-refractivity contribution >= 4 is 40.7 Å². The molecule has 1 fully saturated rings. The minimum absolute atomic E-state index is 0.0545. The van der Waals surface area contributed by atoms with Crippen molar-refractivity contribution in [1.82, 2.24) is 10.2 Å². The molecule has 1 aliphatic heterocycles. The highest BCUT2D eigenvalue weighted by atomic mass is 35.5. The van der Waals surface area contributed by atoms with Crippen molar-refractivity contribution in [2.75, 3.05) is 37.6 Å². The molecule has 2 aromatic rings. The van der Waals surface area contributed by atoms with Crippen LogP contribution in [-0.4, -0.2) is 49.4 Å². The molecule has 0 aromatic heterocycles. The van der Waals surface area contributed by atoms with E-state index in [0.717, 1.165) is 23.8 Å². The second-order valence-electron chi connectivity index (χ2n) is 6.81. The number of carbonyl (C=O) groups is 2. The molecule has 28 heavy (non-hydrogen) atoms. The molecule has 0 atom stereocenters. The molecule has 5 nitrogen and oxygen atoms in total. The van der Waals surface area contributed by atoms with Crippen LogP contribution in [0.4, 0.5) is 5.69 Å². The Balaban J connectivity index is 1.44. The van der Waals surface area contributed by atoms with Crippen molar-refractivity contribution in [2.45, 2.75) is 13.3 Å². The van der Waals surface area contributed by atoms with Crippen molar-refractivity contribution in [3.8, 4) is 0 Å². The number of rotatable bonds is 5. The van der Waals surface area contributed by atoms with E-state index in [2.05, 4.69) is 17.1 Å². The maximum Gasteiger partial charge on any atom is 0.251 e. The minimum Gasteiger partial charge on any atom is -0.368 e. The van der Waals surface area contributed by atoms with Gasteiger partial charge in [-0.3, -0.25) is 9.59 Å². The van der Waals surface area contributed by atoms with E-state index in [1.54, 1.807) is 24.3 Å². The predicted octanol–water partition coefficient (Wildman–Crippen LogP) is 3.77. The van der Waals surface area contributed by atoms with Crippen molar-refractivity contribution < 1.29 is 9.59 Å². The Kier molecular flexibility index (Phi) is 6.81. The number of hydrogen-bond acceptors (Lipinski definition) is 3. The average molecular weight is 420 g/mol. The highest BCUT2D eigenvalue weighted by Gasteiger charge is 2.22. The van der Waals surface area contributed by atoms with Gasteiger partial charge in [0, 0.05) is 60.4 Å². The number of carbonyl (C=O) groups excluding carboxylic acids is 2. The molecule has 0 bridgehead atoms. The molecule has 0 saturated carbocycles. The van der Waals surface area contributed by atoms with Gasteiger partial charge in [0.2, 0.25) is 5.91 Å². The summed E-state index contributed by atoms with van der Waals surface area (Å²) >= 11 is 11.9. The van der Waals surface area contributed by atoms with Crippen LogP contribution in [-0.2, 0) is 4.79 Å². The lowest BCUT2D eigenvalue weighted by atomic mass is 10.1.